The van der Waals surface area contributed by atoms with Crippen LogP contribution in [0.3, 0.4) is 0 Å². The van der Waals surface area contributed by atoms with Crippen LogP contribution in [0.25, 0.3) is 11.1 Å². The Morgan fingerprint density at radius 3 is 2.56 bits per heavy atom. The van der Waals surface area contributed by atoms with Crippen molar-refractivity contribution < 1.29 is 28.9 Å². The van der Waals surface area contributed by atoms with E-state index in [0.717, 1.165) is 39.1 Å². The first-order chi connectivity index (χ1) is 18.8. The maximum absolute atomic E-state index is 11.8. The Kier molecular flexibility index (Phi) is 7.42. The summed E-state index contributed by atoms with van der Waals surface area (Å²) in [6.45, 7) is 5.88. The number of aryl methyl sites for hydroxylation is 2. The molecule has 1 saturated heterocycles. The predicted molar refractivity (Wildman–Crippen MR) is 144 cm³/mol. The first-order valence-corrected chi connectivity index (χ1v) is 12.9. The van der Waals surface area contributed by atoms with E-state index in [-0.39, 0.29) is 30.8 Å². The zero-order chi connectivity index (χ0) is 27.5. The van der Waals surface area contributed by atoms with Crippen molar-refractivity contribution in [3.63, 3.8) is 0 Å². The van der Waals surface area contributed by atoms with Gasteiger partial charge in [-0.2, -0.15) is 5.26 Å². The number of carbonyl (C=O) groups excluding carboxylic acids is 1. The number of carboxylic acids is 1. The third-order valence-electron chi connectivity index (χ3n) is 7.15. The van der Waals surface area contributed by atoms with E-state index >= 15 is 0 Å². The molecule has 3 aromatic rings. The molecule has 1 N–H and O–H groups in total. The molecule has 0 radical (unpaired) electrons. The second kappa shape index (κ2) is 11.1. The van der Waals surface area contributed by atoms with Crippen LogP contribution >= 0.6 is 0 Å². The number of carbonyl (C=O) groups is 2. The molecule has 2 aliphatic rings. The van der Waals surface area contributed by atoms with Gasteiger partial charge in [0.05, 0.1) is 32.2 Å². The Bertz CT molecular complexity index is 1430. The fourth-order valence-electron chi connectivity index (χ4n) is 5.25. The summed E-state index contributed by atoms with van der Waals surface area (Å²) >= 11 is 0. The summed E-state index contributed by atoms with van der Waals surface area (Å²) in [6.07, 6.45) is -0.110. The highest BCUT2D eigenvalue weighted by atomic mass is 16.5. The van der Waals surface area contributed by atoms with Crippen molar-refractivity contribution >= 4 is 11.9 Å². The minimum absolute atomic E-state index is 0.0511. The van der Waals surface area contributed by atoms with Crippen LogP contribution < -0.4 is 14.2 Å². The molecule has 1 atom stereocenters. The molecule has 2 heterocycles. The zero-order valence-electron chi connectivity index (χ0n) is 22.0. The number of hydrogen-bond acceptors (Lipinski definition) is 6. The summed E-state index contributed by atoms with van der Waals surface area (Å²) < 4.78 is 17.8. The lowest BCUT2D eigenvalue weighted by molar-refractivity contribution is -0.139. The third kappa shape index (κ3) is 5.83. The summed E-state index contributed by atoms with van der Waals surface area (Å²) in [5.74, 6) is 1.01. The average molecular weight is 527 g/mol. The number of hydrogen-bond donors (Lipinski definition) is 1. The van der Waals surface area contributed by atoms with Crippen LogP contribution in [0.2, 0.25) is 0 Å². The fraction of sp³-hybridized carbons (Fsp3) is 0.323. The summed E-state index contributed by atoms with van der Waals surface area (Å²) in [7, 11) is 0. The van der Waals surface area contributed by atoms with E-state index in [4.69, 9.17) is 24.6 Å². The van der Waals surface area contributed by atoms with Gasteiger partial charge in [-0.05, 0) is 65.9 Å². The maximum Gasteiger partial charge on any atom is 0.304 e. The minimum Gasteiger partial charge on any atom is -0.492 e. The number of rotatable bonds is 9. The number of aliphatic carboxylic acids is 1. The molecule has 5 rings (SSSR count). The molecule has 200 valence electrons. The van der Waals surface area contributed by atoms with Crippen LogP contribution in [-0.4, -0.2) is 47.7 Å². The van der Waals surface area contributed by atoms with Crippen molar-refractivity contribution in [2.24, 2.45) is 0 Å². The molecular formula is C31H30N2O6. The Morgan fingerprint density at radius 2 is 1.85 bits per heavy atom. The van der Waals surface area contributed by atoms with E-state index in [9.17, 15) is 9.59 Å². The lowest BCUT2D eigenvalue weighted by Gasteiger charge is -2.38. The molecule has 0 aromatic heterocycles. The van der Waals surface area contributed by atoms with Gasteiger partial charge in [-0.1, -0.05) is 24.3 Å². The Labute approximate surface area is 227 Å². The number of benzene rings is 3. The van der Waals surface area contributed by atoms with Crippen LogP contribution in [0.5, 0.6) is 17.2 Å². The van der Waals surface area contributed by atoms with Gasteiger partial charge >= 0.3 is 5.97 Å². The van der Waals surface area contributed by atoms with E-state index < -0.39 is 5.97 Å². The number of ether oxygens (including phenoxy) is 3. The molecule has 0 spiro atoms. The number of likely N-dealkylation sites (tertiary alicyclic amines) is 1. The number of carboxylic acid groups (broad SMARTS) is 1. The number of amides is 1. The van der Waals surface area contributed by atoms with Gasteiger partial charge in [-0.25, -0.2) is 0 Å². The Balaban J connectivity index is 1.23. The molecule has 2 aliphatic heterocycles. The van der Waals surface area contributed by atoms with Crippen molar-refractivity contribution in [1.29, 1.82) is 5.26 Å². The SMILES string of the molecule is Cc1cc(OC2CN(C(=O)CC#N)C2)cc(C)c1-c1cccc(COc2ccc3c(c2)OCC3CC(=O)O)c1. The first kappa shape index (κ1) is 26.1. The van der Waals surface area contributed by atoms with Gasteiger partial charge in [0, 0.05) is 17.5 Å². The van der Waals surface area contributed by atoms with Gasteiger partial charge in [0.15, 0.2) is 0 Å². The highest BCUT2D eigenvalue weighted by Crippen LogP contribution is 2.38. The van der Waals surface area contributed by atoms with Gasteiger partial charge in [-0.15, -0.1) is 0 Å². The standard InChI is InChI=1S/C31H30N2O6/c1-19-10-25(39-26-15-33(16-26)29(34)8-9-32)11-20(2)31(19)22-5-3-4-21(12-22)17-37-24-6-7-27-23(13-30(35)36)18-38-28(27)14-24/h3-7,10-12,14,23,26H,8,13,15-18H2,1-2H3,(H,35,36). The van der Waals surface area contributed by atoms with Crippen LogP contribution in [0.1, 0.15) is 41.0 Å². The summed E-state index contributed by atoms with van der Waals surface area (Å²) in [5, 5.41) is 17.8. The fourth-order valence-corrected chi connectivity index (χ4v) is 5.25. The topological polar surface area (TPSA) is 109 Å². The van der Waals surface area contributed by atoms with E-state index in [1.807, 2.05) is 48.5 Å². The second-order valence-electron chi connectivity index (χ2n) is 10.1. The normalized spacial score (nSPS) is 16.0. The van der Waals surface area contributed by atoms with E-state index in [0.29, 0.717) is 37.8 Å². The van der Waals surface area contributed by atoms with E-state index in [2.05, 4.69) is 26.0 Å². The number of nitrogens with zero attached hydrogens (tertiary/aromatic N) is 2. The lowest BCUT2D eigenvalue weighted by Crippen LogP contribution is -2.56. The lowest BCUT2D eigenvalue weighted by atomic mass is 9.94. The van der Waals surface area contributed by atoms with Gasteiger partial charge in [0.2, 0.25) is 5.91 Å². The van der Waals surface area contributed by atoms with Gasteiger partial charge in [0.25, 0.3) is 0 Å². The maximum atomic E-state index is 11.8. The van der Waals surface area contributed by atoms with Gasteiger partial charge in [-0.3, -0.25) is 9.59 Å². The monoisotopic (exact) mass is 526 g/mol. The summed E-state index contributed by atoms with van der Waals surface area (Å²) in [6, 6.07) is 19.8. The van der Waals surface area contributed by atoms with Crippen LogP contribution in [0.15, 0.2) is 54.6 Å². The van der Waals surface area contributed by atoms with Crippen molar-refractivity contribution in [2.45, 2.75) is 45.3 Å². The number of fused-ring (bicyclic) bond motifs is 1. The third-order valence-corrected chi connectivity index (χ3v) is 7.15. The molecule has 8 nitrogen and oxygen atoms in total. The average Bonchev–Trinajstić information content (AvgIpc) is 3.26. The molecular weight excluding hydrogens is 496 g/mol. The molecule has 8 heteroatoms. The molecule has 0 bridgehead atoms. The van der Waals surface area contributed by atoms with E-state index in [1.165, 1.54) is 0 Å². The molecule has 39 heavy (non-hydrogen) atoms. The molecule has 1 unspecified atom stereocenters. The van der Waals surface area contributed by atoms with Crippen LogP contribution in [-0.2, 0) is 16.2 Å². The number of nitriles is 1. The molecule has 3 aromatic carbocycles. The minimum atomic E-state index is -0.833. The van der Waals surface area contributed by atoms with Crippen LogP contribution in [0, 0.1) is 25.2 Å². The highest BCUT2D eigenvalue weighted by molar-refractivity contribution is 5.79. The second-order valence-corrected chi connectivity index (χ2v) is 10.1. The van der Waals surface area contributed by atoms with Crippen molar-refractivity contribution in [3.05, 3.63) is 76.9 Å². The molecule has 1 fully saturated rings. The quantitative estimate of drug-likeness (QED) is 0.418. The van der Waals surface area contributed by atoms with Gasteiger partial charge < -0.3 is 24.2 Å². The van der Waals surface area contributed by atoms with E-state index in [1.54, 1.807) is 4.90 Å². The summed E-state index contributed by atoms with van der Waals surface area (Å²) in [4.78, 5) is 24.5. The first-order valence-electron chi connectivity index (χ1n) is 12.9. The van der Waals surface area contributed by atoms with Crippen LogP contribution in [0.4, 0.5) is 0 Å². The molecule has 1 amide bonds. The smallest absolute Gasteiger partial charge is 0.304 e. The summed E-state index contributed by atoms with van der Waals surface area (Å²) in [5.41, 5.74) is 6.33. The molecule has 0 aliphatic carbocycles. The molecule has 0 saturated carbocycles. The van der Waals surface area contributed by atoms with Crippen molar-refractivity contribution in [3.8, 4) is 34.4 Å². The van der Waals surface area contributed by atoms with Gasteiger partial charge in [0.1, 0.15) is 36.4 Å². The Morgan fingerprint density at radius 1 is 1.08 bits per heavy atom. The largest absolute Gasteiger partial charge is 0.492 e. The zero-order valence-corrected chi connectivity index (χ0v) is 22.0. The van der Waals surface area contributed by atoms with Crippen molar-refractivity contribution in [2.75, 3.05) is 19.7 Å². The Hall–Kier alpha value is -4.51. The van der Waals surface area contributed by atoms with Crippen molar-refractivity contribution in [1.82, 2.24) is 4.90 Å². The predicted octanol–water partition coefficient (Wildman–Crippen LogP) is 5.00. The highest BCUT2D eigenvalue weighted by Gasteiger charge is 2.32.